The van der Waals surface area contributed by atoms with Crippen LogP contribution in [0.4, 0.5) is 0 Å². The number of ether oxygens (including phenoxy) is 2. The summed E-state index contributed by atoms with van der Waals surface area (Å²) in [4.78, 5) is 0. The maximum absolute atomic E-state index is 9.33. The Morgan fingerprint density at radius 3 is 2.19 bits per heavy atom. The Bertz CT molecular complexity index is 146. The number of hydrogen-bond donors (Lipinski definition) is 2. The highest BCUT2D eigenvalue weighted by atomic mass is 16.5. The maximum atomic E-state index is 9.33. The minimum absolute atomic E-state index is 0.0510. The first-order chi connectivity index (χ1) is 7.74. The topological polar surface area (TPSA) is 58.9 Å². The van der Waals surface area contributed by atoms with Gasteiger partial charge in [0.05, 0.1) is 26.4 Å². The van der Waals surface area contributed by atoms with Gasteiger partial charge in [-0.25, -0.2) is 0 Å². The molecule has 2 N–H and O–H groups in total. The Hall–Kier alpha value is -0.160. The van der Waals surface area contributed by atoms with Gasteiger partial charge in [0.25, 0.3) is 0 Å². The fraction of sp³-hybridized carbons (Fsp3) is 1.00. The van der Waals surface area contributed by atoms with E-state index >= 15 is 0 Å². The number of rotatable bonds is 11. The molecule has 0 unspecified atom stereocenters. The van der Waals surface area contributed by atoms with Gasteiger partial charge in [-0.3, -0.25) is 0 Å². The van der Waals surface area contributed by atoms with Crippen molar-refractivity contribution >= 4 is 0 Å². The molecule has 0 amide bonds. The van der Waals surface area contributed by atoms with Gasteiger partial charge in [-0.2, -0.15) is 0 Å². The molecule has 0 radical (unpaired) electrons. The molecule has 4 nitrogen and oxygen atoms in total. The van der Waals surface area contributed by atoms with E-state index in [0.717, 1.165) is 25.7 Å². The lowest BCUT2D eigenvalue weighted by atomic mass is 9.81. The molecule has 0 bridgehead atoms. The molecular weight excluding hydrogens is 208 g/mol. The summed E-state index contributed by atoms with van der Waals surface area (Å²) < 4.78 is 10.2. The number of hydrogen-bond acceptors (Lipinski definition) is 4. The third kappa shape index (κ3) is 6.43. The fourth-order valence-electron chi connectivity index (χ4n) is 1.82. The van der Waals surface area contributed by atoms with Gasteiger partial charge in [-0.05, 0) is 19.3 Å². The largest absolute Gasteiger partial charge is 0.396 e. The molecule has 4 heteroatoms. The molecular formula is C12H26O4. The van der Waals surface area contributed by atoms with Crippen molar-refractivity contribution in [3.63, 3.8) is 0 Å². The van der Waals surface area contributed by atoms with Gasteiger partial charge in [0.2, 0.25) is 0 Å². The summed E-state index contributed by atoms with van der Waals surface area (Å²) in [7, 11) is 1.65. The van der Waals surface area contributed by atoms with Crippen molar-refractivity contribution in [1.82, 2.24) is 0 Å². The van der Waals surface area contributed by atoms with E-state index in [2.05, 4.69) is 6.92 Å². The Morgan fingerprint density at radius 1 is 1.00 bits per heavy atom. The van der Waals surface area contributed by atoms with E-state index < -0.39 is 0 Å². The third-order valence-corrected chi connectivity index (χ3v) is 2.88. The summed E-state index contributed by atoms with van der Waals surface area (Å²) in [6.45, 7) is 4.05. The van der Waals surface area contributed by atoms with E-state index in [-0.39, 0.29) is 18.6 Å². The van der Waals surface area contributed by atoms with Crippen LogP contribution in [0.3, 0.4) is 0 Å². The van der Waals surface area contributed by atoms with Gasteiger partial charge in [0, 0.05) is 19.1 Å². The van der Waals surface area contributed by atoms with Crippen LogP contribution in [0, 0.1) is 5.41 Å². The Kier molecular flexibility index (Phi) is 9.92. The summed E-state index contributed by atoms with van der Waals surface area (Å²) in [6.07, 6.45) is 3.51. The summed E-state index contributed by atoms with van der Waals surface area (Å²) in [6, 6.07) is 0. The van der Waals surface area contributed by atoms with Crippen molar-refractivity contribution in [2.75, 3.05) is 40.1 Å². The van der Waals surface area contributed by atoms with Crippen LogP contribution in [0.5, 0.6) is 0 Å². The molecule has 0 rings (SSSR count). The predicted octanol–water partition coefficient (Wildman–Crippen LogP) is 1.20. The van der Waals surface area contributed by atoms with Crippen LogP contribution >= 0.6 is 0 Å². The quantitative estimate of drug-likeness (QED) is 0.527. The molecule has 0 atom stereocenters. The van der Waals surface area contributed by atoms with Crippen molar-refractivity contribution in [3.05, 3.63) is 0 Å². The van der Waals surface area contributed by atoms with Crippen LogP contribution in [0.15, 0.2) is 0 Å². The summed E-state index contributed by atoms with van der Waals surface area (Å²) in [5.74, 6) is 0. The van der Waals surface area contributed by atoms with Crippen molar-refractivity contribution in [3.8, 4) is 0 Å². The van der Waals surface area contributed by atoms with Gasteiger partial charge >= 0.3 is 0 Å². The first-order valence-electron chi connectivity index (χ1n) is 6.03. The molecule has 0 fully saturated rings. The fourth-order valence-corrected chi connectivity index (χ4v) is 1.82. The molecule has 16 heavy (non-hydrogen) atoms. The Balaban J connectivity index is 3.67. The smallest absolute Gasteiger partial charge is 0.0700 e. The first-order valence-corrected chi connectivity index (χ1v) is 6.03. The SMILES string of the molecule is CCCC(CO)(CO)CCCOCCOC. The molecule has 0 saturated heterocycles. The van der Waals surface area contributed by atoms with Crippen LogP contribution in [0.1, 0.15) is 32.6 Å². The zero-order chi connectivity index (χ0) is 12.3. The molecule has 0 heterocycles. The molecule has 0 saturated carbocycles. The van der Waals surface area contributed by atoms with Gasteiger partial charge in [-0.1, -0.05) is 13.3 Å². The molecule has 0 aliphatic rings. The second-order valence-electron chi connectivity index (χ2n) is 4.27. The second kappa shape index (κ2) is 10.0. The van der Waals surface area contributed by atoms with Crippen molar-refractivity contribution in [2.45, 2.75) is 32.6 Å². The van der Waals surface area contributed by atoms with Crippen LogP contribution in [0.25, 0.3) is 0 Å². The van der Waals surface area contributed by atoms with Gasteiger partial charge in [-0.15, -0.1) is 0 Å². The third-order valence-electron chi connectivity index (χ3n) is 2.88. The van der Waals surface area contributed by atoms with Crippen LogP contribution in [-0.2, 0) is 9.47 Å². The minimum Gasteiger partial charge on any atom is -0.396 e. The molecule has 98 valence electrons. The predicted molar refractivity (Wildman–Crippen MR) is 63.4 cm³/mol. The molecule has 0 aromatic heterocycles. The van der Waals surface area contributed by atoms with Crippen molar-refractivity contribution < 1.29 is 19.7 Å². The second-order valence-corrected chi connectivity index (χ2v) is 4.27. The Labute approximate surface area is 98.6 Å². The van der Waals surface area contributed by atoms with Crippen molar-refractivity contribution in [2.24, 2.45) is 5.41 Å². The zero-order valence-electron chi connectivity index (χ0n) is 10.6. The highest BCUT2D eigenvalue weighted by Crippen LogP contribution is 2.28. The molecule has 0 aliphatic carbocycles. The van der Waals surface area contributed by atoms with E-state index in [1.165, 1.54) is 0 Å². The van der Waals surface area contributed by atoms with E-state index in [9.17, 15) is 10.2 Å². The minimum atomic E-state index is -0.320. The maximum Gasteiger partial charge on any atom is 0.0700 e. The molecule has 0 spiro atoms. The summed E-state index contributed by atoms with van der Waals surface area (Å²) in [5.41, 5.74) is -0.320. The van der Waals surface area contributed by atoms with E-state index in [4.69, 9.17) is 9.47 Å². The number of aliphatic hydroxyl groups is 2. The van der Waals surface area contributed by atoms with Gasteiger partial charge in [0.15, 0.2) is 0 Å². The van der Waals surface area contributed by atoms with E-state index in [1.54, 1.807) is 7.11 Å². The highest BCUT2D eigenvalue weighted by molar-refractivity contribution is 4.77. The molecule has 0 aliphatic heterocycles. The normalized spacial score (nSPS) is 12.0. The summed E-state index contributed by atoms with van der Waals surface area (Å²) >= 11 is 0. The highest BCUT2D eigenvalue weighted by Gasteiger charge is 2.26. The lowest BCUT2D eigenvalue weighted by Gasteiger charge is -2.29. The van der Waals surface area contributed by atoms with Crippen molar-refractivity contribution in [1.29, 1.82) is 0 Å². The zero-order valence-corrected chi connectivity index (χ0v) is 10.6. The van der Waals surface area contributed by atoms with Gasteiger partial charge < -0.3 is 19.7 Å². The average molecular weight is 234 g/mol. The van der Waals surface area contributed by atoms with Crippen LogP contribution in [0.2, 0.25) is 0 Å². The Morgan fingerprint density at radius 2 is 1.69 bits per heavy atom. The van der Waals surface area contributed by atoms with E-state index in [0.29, 0.717) is 19.8 Å². The molecule has 0 aromatic rings. The van der Waals surface area contributed by atoms with Crippen LogP contribution in [-0.4, -0.2) is 50.4 Å². The van der Waals surface area contributed by atoms with E-state index in [1.807, 2.05) is 0 Å². The monoisotopic (exact) mass is 234 g/mol. The number of methoxy groups -OCH3 is 1. The lowest BCUT2D eigenvalue weighted by molar-refractivity contribution is 0.0223. The number of aliphatic hydroxyl groups excluding tert-OH is 2. The average Bonchev–Trinajstić information content (AvgIpc) is 2.32. The van der Waals surface area contributed by atoms with Crippen LogP contribution < -0.4 is 0 Å². The van der Waals surface area contributed by atoms with Gasteiger partial charge in [0.1, 0.15) is 0 Å². The summed E-state index contributed by atoms with van der Waals surface area (Å²) in [5, 5.41) is 18.7. The lowest BCUT2D eigenvalue weighted by Crippen LogP contribution is -2.30. The molecule has 0 aromatic carbocycles. The standard InChI is InChI=1S/C12H26O4/c1-3-5-12(10-13,11-14)6-4-7-16-9-8-15-2/h13-14H,3-11H2,1-2H3. The first kappa shape index (κ1) is 15.8.